The monoisotopic (exact) mass is 361 g/mol. The summed E-state index contributed by atoms with van der Waals surface area (Å²) in [5, 5.41) is 7.25. The summed E-state index contributed by atoms with van der Waals surface area (Å²) in [4.78, 5) is 31.2. The molecule has 0 aromatic carbocycles. The van der Waals surface area contributed by atoms with Crippen molar-refractivity contribution in [3.8, 4) is 11.3 Å². The molecule has 1 fully saturated rings. The van der Waals surface area contributed by atoms with Gasteiger partial charge < -0.3 is 10.2 Å². The Kier molecular flexibility index (Phi) is 3.67. The summed E-state index contributed by atoms with van der Waals surface area (Å²) in [6.07, 6.45) is 6.69. The minimum Gasteiger partial charge on any atom is -0.346 e. The smallest absolute Gasteiger partial charge is 0.257 e. The molecule has 1 saturated heterocycles. The van der Waals surface area contributed by atoms with E-state index < -0.39 is 0 Å². The molecular formula is C20H19N5O2. The number of carbonyl (C=O) groups is 2. The van der Waals surface area contributed by atoms with Gasteiger partial charge in [-0.05, 0) is 37.5 Å². The van der Waals surface area contributed by atoms with E-state index in [0.29, 0.717) is 17.7 Å². The Morgan fingerprint density at radius 3 is 2.81 bits per heavy atom. The van der Waals surface area contributed by atoms with Crippen LogP contribution in [0.1, 0.15) is 45.7 Å². The molecule has 0 radical (unpaired) electrons. The van der Waals surface area contributed by atoms with Crippen molar-refractivity contribution in [1.82, 2.24) is 24.8 Å². The third-order valence-electron chi connectivity index (χ3n) is 5.34. The van der Waals surface area contributed by atoms with Crippen molar-refractivity contribution >= 4 is 17.3 Å². The lowest BCUT2D eigenvalue weighted by atomic mass is 10.1. The van der Waals surface area contributed by atoms with Crippen LogP contribution in [-0.4, -0.2) is 44.4 Å². The van der Waals surface area contributed by atoms with Gasteiger partial charge in [-0.15, -0.1) is 0 Å². The predicted molar refractivity (Wildman–Crippen MR) is 99.3 cm³/mol. The molecule has 0 unspecified atom stereocenters. The van der Waals surface area contributed by atoms with Crippen molar-refractivity contribution in [2.24, 2.45) is 0 Å². The maximum Gasteiger partial charge on any atom is 0.257 e. The van der Waals surface area contributed by atoms with E-state index >= 15 is 0 Å². The Labute approximate surface area is 156 Å². The van der Waals surface area contributed by atoms with Crippen LogP contribution < -0.4 is 5.32 Å². The molecule has 0 spiro atoms. The molecule has 2 aliphatic rings. The summed E-state index contributed by atoms with van der Waals surface area (Å²) in [5.74, 6) is -0.0683. The summed E-state index contributed by atoms with van der Waals surface area (Å²) >= 11 is 0. The van der Waals surface area contributed by atoms with Gasteiger partial charge in [0.2, 0.25) is 0 Å². The number of amides is 2. The Balaban J connectivity index is 1.57. The number of pyridine rings is 2. The Morgan fingerprint density at radius 2 is 1.96 bits per heavy atom. The molecule has 27 heavy (non-hydrogen) atoms. The van der Waals surface area contributed by atoms with Crippen molar-refractivity contribution < 1.29 is 9.59 Å². The standard InChI is InChI=1S/C20H19N5O2/c26-19-14-9-13(10-21-16(14)12-22-19)17-5-4-6-18-15(11-23-25(17)18)20(27)24-7-2-1-3-8-24/h4-6,9-11H,1-3,7-8,12H2,(H,22,26). The van der Waals surface area contributed by atoms with E-state index in [4.69, 9.17) is 0 Å². The van der Waals surface area contributed by atoms with Gasteiger partial charge in [0, 0.05) is 24.8 Å². The molecule has 3 aromatic heterocycles. The average molecular weight is 361 g/mol. The van der Waals surface area contributed by atoms with Crippen molar-refractivity contribution in [3.05, 3.63) is 53.5 Å². The zero-order valence-corrected chi connectivity index (χ0v) is 14.8. The number of aromatic nitrogens is 3. The Morgan fingerprint density at radius 1 is 1.11 bits per heavy atom. The van der Waals surface area contributed by atoms with Gasteiger partial charge in [-0.3, -0.25) is 14.6 Å². The highest BCUT2D eigenvalue weighted by Crippen LogP contribution is 2.26. The summed E-state index contributed by atoms with van der Waals surface area (Å²) in [6, 6.07) is 7.58. The van der Waals surface area contributed by atoms with Crippen LogP contribution >= 0.6 is 0 Å². The molecule has 7 nitrogen and oxygen atoms in total. The van der Waals surface area contributed by atoms with E-state index in [0.717, 1.165) is 48.4 Å². The Hall–Kier alpha value is -3.22. The first-order valence-electron chi connectivity index (χ1n) is 9.26. The SMILES string of the molecule is O=C1NCc2ncc(-c3cccc4c(C(=O)N5CCCCC5)cnn34)cc21. The molecular weight excluding hydrogens is 342 g/mol. The highest BCUT2D eigenvalue weighted by molar-refractivity contribution is 6.01. The molecule has 5 heterocycles. The number of piperidine rings is 1. The van der Waals surface area contributed by atoms with E-state index in [1.54, 1.807) is 16.9 Å². The largest absolute Gasteiger partial charge is 0.346 e. The summed E-state index contributed by atoms with van der Waals surface area (Å²) in [6.45, 7) is 2.08. The number of carbonyl (C=O) groups excluding carboxylic acids is 2. The van der Waals surface area contributed by atoms with E-state index in [1.807, 2.05) is 29.2 Å². The first kappa shape index (κ1) is 16.0. The minimum atomic E-state index is -0.104. The van der Waals surface area contributed by atoms with Gasteiger partial charge in [0.25, 0.3) is 11.8 Å². The normalized spacial score (nSPS) is 16.4. The van der Waals surface area contributed by atoms with Gasteiger partial charge in [0.15, 0.2) is 0 Å². The fourth-order valence-corrected chi connectivity index (χ4v) is 3.89. The van der Waals surface area contributed by atoms with Gasteiger partial charge in [-0.1, -0.05) is 6.07 Å². The molecule has 2 amide bonds. The zero-order valence-electron chi connectivity index (χ0n) is 14.8. The van der Waals surface area contributed by atoms with E-state index in [-0.39, 0.29) is 11.8 Å². The van der Waals surface area contributed by atoms with Gasteiger partial charge in [-0.25, -0.2) is 4.52 Å². The molecule has 0 aliphatic carbocycles. The maximum atomic E-state index is 12.9. The first-order chi connectivity index (χ1) is 13.2. The van der Waals surface area contributed by atoms with Crippen molar-refractivity contribution in [3.63, 3.8) is 0 Å². The van der Waals surface area contributed by atoms with Crippen LogP contribution in [-0.2, 0) is 6.54 Å². The predicted octanol–water partition coefficient (Wildman–Crippen LogP) is 2.27. The second-order valence-corrected chi connectivity index (χ2v) is 7.02. The van der Waals surface area contributed by atoms with E-state index in [9.17, 15) is 9.59 Å². The lowest BCUT2D eigenvalue weighted by Gasteiger charge is -2.26. The van der Waals surface area contributed by atoms with Gasteiger partial charge in [0.05, 0.1) is 40.8 Å². The number of nitrogens with zero attached hydrogens (tertiary/aromatic N) is 4. The summed E-state index contributed by atoms with van der Waals surface area (Å²) < 4.78 is 1.76. The maximum absolute atomic E-state index is 12.9. The lowest BCUT2D eigenvalue weighted by molar-refractivity contribution is 0.0726. The number of likely N-dealkylation sites (tertiary alicyclic amines) is 1. The molecule has 0 bridgehead atoms. The number of nitrogens with one attached hydrogen (secondary N) is 1. The van der Waals surface area contributed by atoms with Gasteiger partial charge in [-0.2, -0.15) is 5.10 Å². The van der Waals surface area contributed by atoms with Crippen LogP contribution in [0.4, 0.5) is 0 Å². The van der Waals surface area contributed by atoms with E-state index in [1.165, 1.54) is 6.42 Å². The summed E-state index contributed by atoms with van der Waals surface area (Å²) in [5.41, 5.74) is 4.36. The third-order valence-corrected chi connectivity index (χ3v) is 5.34. The highest BCUT2D eigenvalue weighted by Gasteiger charge is 2.24. The fourth-order valence-electron chi connectivity index (χ4n) is 3.89. The number of hydrogen-bond donors (Lipinski definition) is 1. The number of rotatable bonds is 2. The quantitative estimate of drug-likeness (QED) is 0.759. The first-order valence-corrected chi connectivity index (χ1v) is 9.26. The van der Waals surface area contributed by atoms with Crippen LogP contribution in [0.2, 0.25) is 0 Å². The number of fused-ring (bicyclic) bond motifs is 2. The number of hydrogen-bond acceptors (Lipinski definition) is 4. The molecule has 7 heteroatoms. The third kappa shape index (κ3) is 2.58. The molecule has 0 atom stereocenters. The molecule has 136 valence electrons. The fraction of sp³-hybridized carbons (Fsp3) is 0.300. The zero-order chi connectivity index (χ0) is 18.4. The molecule has 1 N–H and O–H groups in total. The minimum absolute atomic E-state index is 0.0355. The summed E-state index contributed by atoms with van der Waals surface area (Å²) in [7, 11) is 0. The van der Waals surface area contributed by atoms with Gasteiger partial charge >= 0.3 is 0 Å². The van der Waals surface area contributed by atoms with Crippen molar-refractivity contribution in [2.75, 3.05) is 13.1 Å². The van der Waals surface area contributed by atoms with Gasteiger partial charge in [0.1, 0.15) is 0 Å². The van der Waals surface area contributed by atoms with Crippen LogP contribution in [0.25, 0.3) is 16.8 Å². The van der Waals surface area contributed by atoms with Crippen molar-refractivity contribution in [2.45, 2.75) is 25.8 Å². The molecule has 2 aliphatic heterocycles. The lowest BCUT2D eigenvalue weighted by Crippen LogP contribution is -2.35. The van der Waals surface area contributed by atoms with Crippen LogP contribution in [0.5, 0.6) is 0 Å². The second-order valence-electron chi connectivity index (χ2n) is 7.02. The molecule has 3 aromatic rings. The van der Waals surface area contributed by atoms with Crippen molar-refractivity contribution in [1.29, 1.82) is 0 Å². The second kappa shape index (κ2) is 6.19. The Bertz CT molecular complexity index is 1070. The van der Waals surface area contributed by atoms with Crippen LogP contribution in [0.15, 0.2) is 36.7 Å². The molecule has 5 rings (SSSR count). The topological polar surface area (TPSA) is 79.6 Å². The molecule has 0 saturated carbocycles. The van der Waals surface area contributed by atoms with Crippen LogP contribution in [0, 0.1) is 0 Å². The average Bonchev–Trinajstić information content (AvgIpc) is 3.31. The highest BCUT2D eigenvalue weighted by atomic mass is 16.2. The van der Waals surface area contributed by atoms with Crippen LogP contribution in [0.3, 0.4) is 0 Å². The van der Waals surface area contributed by atoms with E-state index in [2.05, 4.69) is 15.4 Å².